The van der Waals surface area contributed by atoms with Crippen LogP contribution in [0.1, 0.15) is 31.2 Å². The summed E-state index contributed by atoms with van der Waals surface area (Å²) < 4.78 is 1.94. The van der Waals surface area contributed by atoms with E-state index in [2.05, 4.69) is 15.3 Å². The molecule has 2 rings (SSSR count). The van der Waals surface area contributed by atoms with Crippen LogP contribution in [0.5, 0.6) is 0 Å². The van der Waals surface area contributed by atoms with Gasteiger partial charge in [0, 0.05) is 11.5 Å². The van der Waals surface area contributed by atoms with Gasteiger partial charge in [-0.15, -0.1) is 0 Å². The maximum absolute atomic E-state index is 6.11. The Labute approximate surface area is 136 Å². The number of nitrogens with one attached hydrogen (secondary N) is 1. The van der Waals surface area contributed by atoms with Crippen molar-refractivity contribution in [1.82, 2.24) is 14.9 Å². The summed E-state index contributed by atoms with van der Waals surface area (Å²) in [6.07, 6.45) is 1.52. The van der Waals surface area contributed by atoms with Crippen LogP contribution in [-0.4, -0.2) is 21.1 Å². The van der Waals surface area contributed by atoms with Crippen molar-refractivity contribution in [3.05, 3.63) is 43.4 Å². The summed E-state index contributed by atoms with van der Waals surface area (Å²) in [5.74, 6) is 0.894. The zero-order chi connectivity index (χ0) is 14.9. The maximum Gasteiger partial charge on any atom is 0.216 e. The van der Waals surface area contributed by atoms with Gasteiger partial charge in [-0.05, 0) is 24.4 Å². The largest absolute Gasteiger partial charge is 0.250 e. The Bertz CT molecular complexity index is 718. The Hall–Kier alpha value is -0.880. The molecule has 1 heterocycles. The number of hydrogen-bond acceptors (Lipinski definition) is 3. The van der Waals surface area contributed by atoms with Gasteiger partial charge in [0.15, 0.2) is 5.82 Å². The van der Waals surface area contributed by atoms with Gasteiger partial charge in [-0.25, -0.2) is 0 Å². The first-order valence-electron chi connectivity index (χ1n) is 5.77. The number of halogens is 3. The number of aromatic amines is 1. The zero-order valence-electron chi connectivity index (χ0n) is 10.7. The Morgan fingerprint density at radius 2 is 1.95 bits per heavy atom. The SMILES string of the molecule is CC(C)c1n[nH]c(=S)n1/N=C\c1c(Cl)ccc(Cl)c1Cl. The zero-order valence-corrected chi connectivity index (χ0v) is 13.8. The summed E-state index contributed by atoms with van der Waals surface area (Å²) in [6, 6.07) is 3.29. The lowest BCUT2D eigenvalue weighted by Gasteiger charge is -2.05. The maximum atomic E-state index is 6.11. The van der Waals surface area contributed by atoms with Gasteiger partial charge >= 0.3 is 0 Å². The van der Waals surface area contributed by atoms with Crippen LogP contribution >= 0.6 is 47.0 Å². The summed E-state index contributed by atoms with van der Waals surface area (Å²) in [6.45, 7) is 3.99. The van der Waals surface area contributed by atoms with Crippen molar-refractivity contribution in [3.63, 3.8) is 0 Å². The first-order chi connectivity index (χ1) is 9.41. The van der Waals surface area contributed by atoms with Gasteiger partial charge in [0.2, 0.25) is 4.77 Å². The Balaban J connectivity index is 2.48. The molecule has 1 N–H and O–H groups in total. The monoisotopic (exact) mass is 348 g/mol. The van der Waals surface area contributed by atoms with E-state index in [0.29, 0.717) is 25.4 Å². The van der Waals surface area contributed by atoms with E-state index in [9.17, 15) is 0 Å². The molecule has 8 heteroatoms. The lowest BCUT2D eigenvalue weighted by molar-refractivity contribution is 0.695. The van der Waals surface area contributed by atoms with Crippen molar-refractivity contribution in [3.8, 4) is 0 Å². The van der Waals surface area contributed by atoms with Crippen molar-refractivity contribution in [2.75, 3.05) is 0 Å². The van der Waals surface area contributed by atoms with Crippen molar-refractivity contribution in [1.29, 1.82) is 0 Å². The molecule has 106 valence electrons. The van der Waals surface area contributed by atoms with E-state index in [0.717, 1.165) is 5.82 Å². The minimum atomic E-state index is 0.172. The fourth-order valence-electron chi connectivity index (χ4n) is 1.57. The average Bonchev–Trinajstić information content (AvgIpc) is 2.76. The molecule has 0 spiro atoms. The van der Waals surface area contributed by atoms with Gasteiger partial charge < -0.3 is 0 Å². The molecule has 1 aromatic heterocycles. The smallest absolute Gasteiger partial charge is 0.216 e. The van der Waals surface area contributed by atoms with Crippen LogP contribution in [-0.2, 0) is 0 Å². The molecular weight excluding hydrogens is 339 g/mol. The molecule has 0 radical (unpaired) electrons. The second kappa shape index (κ2) is 6.26. The fraction of sp³-hybridized carbons (Fsp3) is 0.250. The van der Waals surface area contributed by atoms with Crippen molar-refractivity contribution >= 4 is 53.2 Å². The van der Waals surface area contributed by atoms with Gasteiger partial charge in [-0.1, -0.05) is 48.7 Å². The van der Waals surface area contributed by atoms with Gasteiger partial charge in [-0.2, -0.15) is 14.9 Å². The molecule has 20 heavy (non-hydrogen) atoms. The van der Waals surface area contributed by atoms with Crippen LogP contribution in [0.4, 0.5) is 0 Å². The van der Waals surface area contributed by atoms with E-state index < -0.39 is 0 Å². The predicted molar refractivity (Wildman–Crippen MR) is 86.0 cm³/mol. The molecule has 0 amide bonds. The van der Waals surface area contributed by atoms with Gasteiger partial charge in [-0.3, -0.25) is 5.10 Å². The number of aromatic nitrogens is 3. The van der Waals surface area contributed by atoms with Crippen molar-refractivity contribution < 1.29 is 0 Å². The molecular formula is C12H11Cl3N4S. The van der Waals surface area contributed by atoms with Crippen LogP contribution in [0.3, 0.4) is 0 Å². The first-order valence-corrected chi connectivity index (χ1v) is 7.31. The highest BCUT2D eigenvalue weighted by atomic mass is 35.5. The topological polar surface area (TPSA) is 46.0 Å². The Morgan fingerprint density at radius 3 is 2.60 bits per heavy atom. The lowest BCUT2D eigenvalue weighted by Crippen LogP contribution is -2.01. The molecule has 1 aromatic carbocycles. The molecule has 2 aromatic rings. The molecule has 0 aliphatic carbocycles. The van der Waals surface area contributed by atoms with Crippen LogP contribution in [0.15, 0.2) is 17.2 Å². The highest BCUT2D eigenvalue weighted by Gasteiger charge is 2.11. The first kappa shape index (κ1) is 15.5. The average molecular weight is 350 g/mol. The quantitative estimate of drug-likeness (QED) is 0.486. The van der Waals surface area contributed by atoms with E-state index in [-0.39, 0.29) is 5.92 Å². The van der Waals surface area contributed by atoms with E-state index in [1.165, 1.54) is 10.9 Å². The minimum absolute atomic E-state index is 0.172. The van der Waals surface area contributed by atoms with E-state index in [4.69, 9.17) is 47.0 Å². The second-order valence-corrected chi connectivity index (χ2v) is 5.93. The van der Waals surface area contributed by atoms with Gasteiger partial charge in [0.05, 0.1) is 21.3 Å². The third kappa shape index (κ3) is 3.06. The van der Waals surface area contributed by atoms with E-state index in [1.54, 1.807) is 12.1 Å². The fourth-order valence-corrected chi connectivity index (χ4v) is 2.39. The highest BCUT2D eigenvalue weighted by Crippen LogP contribution is 2.30. The molecule has 0 bridgehead atoms. The number of benzene rings is 1. The molecule has 0 saturated carbocycles. The standard InChI is InChI=1S/C12H11Cl3N4S/c1-6(2)11-17-18-12(20)19(11)16-5-7-8(13)3-4-9(14)10(7)15/h3-6H,1-2H3,(H,18,20)/b16-5-. The van der Waals surface area contributed by atoms with Gasteiger partial charge in [0.1, 0.15) is 0 Å². The molecule has 0 aliphatic rings. The second-order valence-electron chi connectivity index (χ2n) is 4.35. The third-order valence-electron chi connectivity index (χ3n) is 2.57. The van der Waals surface area contributed by atoms with Crippen molar-refractivity contribution in [2.24, 2.45) is 5.10 Å². The minimum Gasteiger partial charge on any atom is -0.250 e. The molecule has 4 nitrogen and oxygen atoms in total. The predicted octanol–water partition coefficient (Wildman–Crippen LogP) is 4.91. The molecule has 0 saturated heterocycles. The number of hydrogen-bond donors (Lipinski definition) is 1. The number of rotatable bonds is 3. The van der Waals surface area contributed by atoms with Crippen molar-refractivity contribution in [2.45, 2.75) is 19.8 Å². The van der Waals surface area contributed by atoms with Crippen LogP contribution in [0.25, 0.3) is 0 Å². The van der Waals surface area contributed by atoms with Crippen LogP contribution in [0, 0.1) is 4.77 Å². The Morgan fingerprint density at radius 1 is 1.30 bits per heavy atom. The van der Waals surface area contributed by atoms with Crippen LogP contribution < -0.4 is 0 Å². The van der Waals surface area contributed by atoms with Gasteiger partial charge in [0.25, 0.3) is 0 Å². The summed E-state index contributed by atoms with van der Waals surface area (Å²) in [7, 11) is 0. The molecule has 0 fully saturated rings. The molecule has 0 unspecified atom stereocenters. The third-order valence-corrected chi connectivity index (χ3v) is 3.99. The molecule has 0 atom stereocenters. The number of nitrogens with zero attached hydrogens (tertiary/aromatic N) is 3. The summed E-state index contributed by atoms with van der Waals surface area (Å²) in [4.78, 5) is 0. The normalized spacial score (nSPS) is 11.7. The number of H-pyrrole nitrogens is 1. The van der Waals surface area contributed by atoms with Crippen LogP contribution in [0.2, 0.25) is 15.1 Å². The van der Waals surface area contributed by atoms with E-state index in [1.807, 2.05) is 13.8 Å². The molecule has 0 aliphatic heterocycles. The highest BCUT2D eigenvalue weighted by molar-refractivity contribution is 7.71. The lowest BCUT2D eigenvalue weighted by atomic mass is 10.2. The summed E-state index contributed by atoms with van der Waals surface area (Å²) in [5, 5.41) is 12.3. The summed E-state index contributed by atoms with van der Waals surface area (Å²) >= 11 is 23.3. The van der Waals surface area contributed by atoms with E-state index >= 15 is 0 Å². The Kier molecular flexibility index (Phi) is 4.86. The summed E-state index contributed by atoms with van der Waals surface area (Å²) in [5.41, 5.74) is 0.540.